The van der Waals surface area contributed by atoms with Gasteiger partial charge in [0.1, 0.15) is 59.4 Å². The first-order valence-corrected chi connectivity index (χ1v) is 26.7. The molecule has 77 heavy (non-hydrogen) atoms. The monoisotopic (exact) mass is 1070 g/mol. The van der Waals surface area contributed by atoms with Crippen LogP contribution in [0.3, 0.4) is 0 Å². The number of benzene rings is 3. The smallest absolute Gasteiger partial charge is 0.343 e. The summed E-state index contributed by atoms with van der Waals surface area (Å²) in [5.74, 6) is -3.84. The van der Waals surface area contributed by atoms with Crippen LogP contribution in [0.2, 0.25) is 5.02 Å². The number of fused-ring (bicyclic) bond motifs is 3. The van der Waals surface area contributed by atoms with Crippen molar-refractivity contribution in [2.75, 3.05) is 6.61 Å². The Labute approximate surface area is 453 Å². The van der Waals surface area contributed by atoms with E-state index < -0.39 is 88.5 Å². The number of esters is 2. The molecular weight excluding hydrogens is 1010 g/mol. The van der Waals surface area contributed by atoms with E-state index in [0.717, 1.165) is 11.1 Å². The molecule has 5 aliphatic heterocycles. The van der Waals surface area contributed by atoms with E-state index in [1.807, 2.05) is 66.7 Å². The summed E-state index contributed by atoms with van der Waals surface area (Å²) in [5, 5.41) is 22.5. The zero-order valence-corrected chi connectivity index (χ0v) is 45.9. The Kier molecular flexibility index (Phi) is 14.2. The highest BCUT2D eigenvalue weighted by Crippen LogP contribution is 2.69. The van der Waals surface area contributed by atoms with Crippen LogP contribution in [0.5, 0.6) is 23.0 Å². The van der Waals surface area contributed by atoms with Crippen molar-refractivity contribution in [2.24, 2.45) is 11.8 Å². The number of halogens is 1. The average Bonchev–Trinajstić information content (AvgIpc) is 3.84. The van der Waals surface area contributed by atoms with Gasteiger partial charge in [-0.2, -0.15) is 0 Å². The molecule has 1 saturated carbocycles. The number of aliphatic hydroxyl groups is 2. The molecule has 408 valence electrons. The Morgan fingerprint density at radius 2 is 1.61 bits per heavy atom. The number of aliphatic hydroxyl groups excluding tert-OH is 2. The van der Waals surface area contributed by atoms with Gasteiger partial charge < -0.3 is 52.8 Å². The van der Waals surface area contributed by atoms with Crippen molar-refractivity contribution in [3.05, 3.63) is 134 Å². The molecule has 4 bridgehead atoms. The van der Waals surface area contributed by atoms with Crippen molar-refractivity contribution in [1.29, 1.82) is 0 Å². The maximum atomic E-state index is 16.0. The molecule has 3 aromatic carbocycles. The lowest BCUT2D eigenvalue weighted by Crippen LogP contribution is -2.72. The molecule has 0 radical (unpaired) electrons. The fraction of sp³-hybridized carbons (Fsp3) is 0.475. The number of Topliss-reactive ketones (excluding diaryl/α,β-unsaturated/α-hetero) is 2. The number of hydrogen-bond acceptors (Lipinski definition) is 15. The molecule has 3 aliphatic carbocycles. The van der Waals surface area contributed by atoms with Gasteiger partial charge in [-0.15, -0.1) is 0 Å². The van der Waals surface area contributed by atoms with Crippen LogP contribution in [0.4, 0.5) is 0 Å². The first-order chi connectivity index (χ1) is 36.4. The highest BCUT2D eigenvalue weighted by atomic mass is 35.5. The molecule has 8 aliphatic rings. The maximum absolute atomic E-state index is 16.0. The van der Waals surface area contributed by atoms with Crippen LogP contribution >= 0.6 is 11.6 Å². The summed E-state index contributed by atoms with van der Waals surface area (Å²) in [5.41, 5.74) is -1.14. The van der Waals surface area contributed by atoms with Crippen molar-refractivity contribution in [3.63, 3.8) is 0 Å². The van der Waals surface area contributed by atoms with Crippen LogP contribution < -0.4 is 18.9 Å². The molecule has 11 rings (SSSR count). The van der Waals surface area contributed by atoms with Crippen molar-refractivity contribution >= 4 is 41.2 Å². The highest BCUT2D eigenvalue weighted by molar-refractivity contribution is 6.31. The molecular formula is C61H67ClO15. The van der Waals surface area contributed by atoms with Gasteiger partial charge >= 0.3 is 11.9 Å². The molecule has 3 aromatic rings. The summed E-state index contributed by atoms with van der Waals surface area (Å²) in [6.07, 6.45) is 7.30. The van der Waals surface area contributed by atoms with Gasteiger partial charge in [-0.3, -0.25) is 9.59 Å². The van der Waals surface area contributed by atoms with E-state index in [2.05, 4.69) is 6.08 Å². The third-order valence-corrected chi connectivity index (χ3v) is 16.3. The largest absolute Gasteiger partial charge is 0.482 e. The zero-order valence-electron chi connectivity index (χ0n) is 45.2. The van der Waals surface area contributed by atoms with E-state index in [4.69, 9.17) is 54.2 Å². The number of rotatable bonds is 14. The Morgan fingerprint density at radius 3 is 2.32 bits per heavy atom. The Morgan fingerprint density at radius 1 is 0.883 bits per heavy atom. The number of carbonyl (C=O) groups is 4. The number of allylic oxidation sites excluding steroid dienone is 5. The van der Waals surface area contributed by atoms with Crippen molar-refractivity contribution in [3.8, 4) is 23.0 Å². The topological polar surface area (TPSA) is 192 Å². The molecule has 5 unspecified atom stereocenters. The molecule has 5 heterocycles. The van der Waals surface area contributed by atoms with Crippen LogP contribution in [0, 0.1) is 11.8 Å². The standard InChI is InChI=1S/C61H67ClO15/c1-32(2)14-13-25-59(10)26-24-40-49(75-59)39(22-17-33(3)4)51-45(50(40)73-55(68)35-18-20-38(21-19-35)71-56-48(65)47(64)52-43(72-56)31-70-58(8,9)74-52)46(63)41-28-37-29-44-57(6,7)77-60(53(37)66,61(41,44)76-51)27-23-34(5)54(67)69-30-36-15-11-12-16-42(36)62/h11-12,14-21,23-24,26,28,37,43-44,47-48,52,56,64-65H,13,22,25,27,29-31H2,1-10H3/t37?,43-,44?,47+,48-,52-,56-,59?,60?,61?/m1/s1. The van der Waals surface area contributed by atoms with Crippen molar-refractivity contribution < 1.29 is 72.0 Å². The summed E-state index contributed by atoms with van der Waals surface area (Å²) in [6, 6.07) is 13.0. The van der Waals surface area contributed by atoms with E-state index >= 15 is 9.59 Å². The average molecular weight is 1080 g/mol. The summed E-state index contributed by atoms with van der Waals surface area (Å²) in [4.78, 5) is 59.3. The highest BCUT2D eigenvalue weighted by Gasteiger charge is 2.81. The normalized spacial score (nSPS) is 30.8. The summed E-state index contributed by atoms with van der Waals surface area (Å²) in [7, 11) is 0. The summed E-state index contributed by atoms with van der Waals surface area (Å²) < 4.78 is 57.4. The van der Waals surface area contributed by atoms with Crippen LogP contribution in [-0.2, 0) is 46.3 Å². The third kappa shape index (κ3) is 9.59. The maximum Gasteiger partial charge on any atom is 0.343 e. The van der Waals surface area contributed by atoms with E-state index in [9.17, 15) is 19.8 Å². The van der Waals surface area contributed by atoms with E-state index in [-0.39, 0.29) is 71.4 Å². The van der Waals surface area contributed by atoms with E-state index in [0.29, 0.717) is 46.7 Å². The van der Waals surface area contributed by atoms with Crippen molar-refractivity contribution in [1.82, 2.24) is 0 Å². The predicted octanol–water partition coefficient (Wildman–Crippen LogP) is 10.0. The fourth-order valence-electron chi connectivity index (χ4n) is 12.0. The van der Waals surface area contributed by atoms with Crippen LogP contribution in [-0.4, -0.2) is 99.2 Å². The van der Waals surface area contributed by atoms with Gasteiger partial charge in [0.25, 0.3) is 0 Å². The Hall–Kier alpha value is -5.91. The number of ketones is 2. The molecule has 3 saturated heterocycles. The molecule has 2 N–H and O–H groups in total. The fourth-order valence-corrected chi connectivity index (χ4v) is 12.2. The first kappa shape index (κ1) is 54.4. The molecule has 10 atom stereocenters. The summed E-state index contributed by atoms with van der Waals surface area (Å²) in [6.45, 7) is 18.8. The Bertz CT molecular complexity index is 3080. The molecule has 16 heteroatoms. The minimum atomic E-state index is -1.77. The van der Waals surface area contributed by atoms with Crippen molar-refractivity contribution in [2.45, 2.75) is 167 Å². The zero-order chi connectivity index (χ0) is 55.1. The molecule has 0 amide bonds. The van der Waals surface area contributed by atoms with Crippen LogP contribution in [0.1, 0.15) is 132 Å². The summed E-state index contributed by atoms with van der Waals surface area (Å²) >= 11 is 6.36. The number of hydrogen-bond donors (Lipinski definition) is 2. The molecule has 4 fully saturated rings. The molecule has 1 spiro atoms. The van der Waals surface area contributed by atoms with Gasteiger partial charge in [-0.25, -0.2) is 9.59 Å². The number of ether oxygens (including phenoxy) is 9. The van der Waals surface area contributed by atoms with Gasteiger partial charge in [0.15, 0.2) is 34.3 Å². The Balaban J connectivity index is 1.04. The lowest BCUT2D eigenvalue weighted by atomic mass is 9.51. The lowest BCUT2D eigenvalue weighted by Gasteiger charge is -2.56. The van der Waals surface area contributed by atoms with Crippen LogP contribution in [0.25, 0.3) is 6.08 Å². The van der Waals surface area contributed by atoms with Gasteiger partial charge in [0.05, 0.1) is 23.3 Å². The van der Waals surface area contributed by atoms with Crippen LogP contribution in [0.15, 0.2) is 101 Å². The second-order valence-electron chi connectivity index (χ2n) is 23.0. The van der Waals surface area contributed by atoms with Gasteiger partial charge in [0.2, 0.25) is 6.29 Å². The lowest BCUT2D eigenvalue weighted by molar-refractivity contribution is -0.373. The second-order valence-corrected chi connectivity index (χ2v) is 23.4. The minimum Gasteiger partial charge on any atom is -0.482 e. The second kappa shape index (κ2) is 20.1. The first-order valence-electron chi connectivity index (χ1n) is 26.4. The van der Waals surface area contributed by atoms with E-state index in [1.54, 1.807) is 57.2 Å². The van der Waals surface area contributed by atoms with Gasteiger partial charge in [-0.1, -0.05) is 65.3 Å². The third-order valence-electron chi connectivity index (χ3n) is 16.0. The SMILES string of the molecule is CC(C)=CCCC1(C)C=Cc2c(c(CC=C(C)C)c3c(c2OC(=O)c2ccc(O[C@@H]4O[C@@H]5COC(C)(C)O[C@H]5[C@@H](O)[C@H]4O)cc2)C(=O)C2=CC4CC5C(C)(C)OC(CC=C(C)C(=O)OCc6ccccc6Cl)(C4=O)C25O3)O1. The minimum absolute atomic E-state index is 0.00550. The molecule has 15 nitrogen and oxygen atoms in total. The molecule has 0 aromatic heterocycles. The van der Waals surface area contributed by atoms with Gasteiger partial charge in [-0.05, 0) is 137 Å². The van der Waals surface area contributed by atoms with E-state index in [1.165, 1.54) is 24.3 Å². The predicted molar refractivity (Wildman–Crippen MR) is 284 cm³/mol. The quantitative estimate of drug-likeness (QED) is 0.0670. The van der Waals surface area contributed by atoms with Gasteiger partial charge in [0, 0.05) is 45.6 Å². The number of carbonyl (C=O) groups excluding carboxylic acids is 4.